The highest BCUT2D eigenvalue weighted by molar-refractivity contribution is 5.95. The molecule has 5 heteroatoms. The molecule has 0 aliphatic carbocycles. The molecule has 0 saturated carbocycles. The number of benzene rings is 1. The van der Waals surface area contributed by atoms with E-state index in [1.807, 2.05) is 43.3 Å². The van der Waals surface area contributed by atoms with Crippen LogP contribution in [-0.2, 0) is 4.74 Å². The Morgan fingerprint density at radius 2 is 1.96 bits per heavy atom. The van der Waals surface area contributed by atoms with Crippen molar-refractivity contribution in [1.82, 2.24) is 9.80 Å². The Bertz CT molecular complexity index is 594. The standard InChI is InChI=1S/C20H31N3O2/c1-15-12-22(13-16(2)25-15)14-19-9-6-10-23(19)20(24)17-7-5-8-18(11-17)21(3)4/h5,7-8,11,15-16,19H,6,9-10,12-14H2,1-4H3/t15-,16-,19+/m1/s1. The van der Waals surface area contributed by atoms with Gasteiger partial charge in [-0.15, -0.1) is 0 Å². The molecular formula is C20H31N3O2. The molecule has 2 heterocycles. The van der Waals surface area contributed by atoms with E-state index in [1.165, 1.54) is 0 Å². The van der Waals surface area contributed by atoms with Crippen molar-refractivity contribution in [1.29, 1.82) is 0 Å². The number of hydrogen-bond donors (Lipinski definition) is 0. The molecule has 2 aliphatic heterocycles. The summed E-state index contributed by atoms with van der Waals surface area (Å²) in [5.74, 6) is 0.167. The van der Waals surface area contributed by atoms with Gasteiger partial charge in [0.1, 0.15) is 0 Å². The van der Waals surface area contributed by atoms with Crippen molar-refractivity contribution in [3.8, 4) is 0 Å². The van der Waals surface area contributed by atoms with E-state index in [0.717, 1.165) is 50.3 Å². The highest BCUT2D eigenvalue weighted by Gasteiger charge is 2.32. The number of likely N-dealkylation sites (tertiary alicyclic amines) is 1. The van der Waals surface area contributed by atoms with Crippen molar-refractivity contribution in [3.63, 3.8) is 0 Å². The number of ether oxygens (including phenoxy) is 1. The summed E-state index contributed by atoms with van der Waals surface area (Å²) in [6.45, 7) is 8.00. The minimum Gasteiger partial charge on any atom is -0.378 e. The molecule has 0 radical (unpaired) electrons. The van der Waals surface area contributed by atoms with Crippen molar-refractivity contribution in [2.24, 2.45) is 0 Å². The SMILES string of the molecule is C[C@@H]1CN(C[C@@H]2CCCN2C(=O)c2cccc(N(C)C)c2)C[C@@H](C)O1. The van der Waals surface area contributed by atoms with Gasteiger partial charge in [0, 0.05) is 57.6 Å². The quantitative estimate of drug-likeness (QED) is 0.840. The summed E-state index contributed by atoms with van der Waals surface area (Å²) in [4.78, 5) is 19.6. The predicted molar refractivity (Wildman–Crippen MR) is 101 cm³/mol. The molecule has 1 aromatic rings. The summed E-state index contributed by atoms with van der Waals surface area (Å²) in [6.07, 6.45) is 2.73. The smallest absolute Gasteiger partial charge is 0.254 e. The lowest BCUT2D eigenvalue weighted by Crippen LogP contribution is -2.50. The average molecular weight is 345 g/mol. The third-order valence-electron chi connectivity index (χ3n) is 5.21. The van der Waals surface area contributed by atoms with Crippen molar-refractivity contribution in [2.45, 2.75) is 44.9 Å². The zero-order valence-corrected chi connectivity index (χ0v) is 15.9. The first-order chi connectivity index (χ1) is 11.9. The Kier molecular flexibility index (Phi) is 5.64. The van der Waals surface area contributed by atoms with Gasteiger partial charge in [-0.1, -0.05) is 6.07 Å². The van der Waals surface area contributed by atoms with Gasteiger partial charge in [0.15, 0.2) is 0 Å². The van der Waals surface area contributed by atoms with Crippen molar-refractivity contribution in [3.05, 3.63) is 29.8 Å². The van der Waals surface area contributed by atoms with Crippen LogP contribution in [0.2, 0.25) is 0 Å². The molecule has 5 nitrogen and oxygen atoms in total. The van der Waals surface area contributed by atoms with Gasteiger partial charge in [-0.2, -0.15) is 0 Å². The Morgan fingerprint density at radius 1 is 1.24 bits per heavy atom. The maximum absolute atomic E-state index is 13.1. The van der Waals surface area contributed by atoms with Gasteiger partial charge in [0.2, 0.25) is 0 Å². The van der Waals surface area contributed by atoms with Crippen molar-refractivity contribution in [2.75, 3.05) is 45.2 Å². The first-order valence-electron chi connectivity index (χ1n) is 9.40. The summed E-state index contributed by atoms with van der Waals surface area (Å²) < 4.78 is 5.83. The van der Waals surface area contributed by atoms with E-state index in [1.54, 1.807) is 0 Å². The second-order valence-corrected chi connectivity index (χ2v) is 7.72. The highest BCUT2D eigenvalue weighted by atomic mass is 16.5. The fraction of sp³-hybridized carbons (Fsp3) is 0.650. The summed E-state index contributed by atoms with van der Waals surface area (Å²) in [6, 6.07) is 8.25. The molecule has 0 unspecified atom stereocenters. The van der Waals surface area contributed by atoms with Gasteiger partial charge in [0.05, 0.1) is 12.2 Å². The van der Waals surface area contributed by atoms with Crippen LogP contribution >= 0.6 is 0 Å². The zero-order valence-electron chi connectivity index (χ0n) is 15.9. The number of nitrogens with zero attached hydrogens (tertiary/aromatic N) is 3. The van der Waals surface area contributed by atoms with E-state index in [0.29, 0.717) is 6.04 Å². The van der Waals surface area contributed by atoms with Crippen molar-refractivity contribution >= 4 is 11.6 Å². The second-order valence-electron chi connectivity index (χ2n) is 7.72. The van der Waals surface area contributed by atoms with Gasteiger partial charge < -0.3 is 14.5 Å². The molecule has 1 aromatic carbocycles. The molecule has 2 saturated heterocycles. The first-order valence-corrected chi connectivity index (χ1v) is 9.40. The summed E-state index contributed by atoms with van der Waals surface area (Å²) >= 11 is 0. The van der Waals surface area contributed by atoms with Crippen LogP contribution < -0.4 is 4.90 Å². The molecule has 1 amide bonds. The van der Waals surface area contributed by atoms with E-state index < -0.39 is 0 Å². The van der Waals surface area contributed by atoms with E-state index in [9.17, 15) is 4.79 Å². The molecule has 0 aromatic heterocycles. The van der Waals surface area contributed by atoms with Crippen LogP contribution in [0.3, 0.4) is 0 Å². The summed E-state index contributed by atoms with van der Waals surface area (Å²) in [7, 11) is 4.01. The van der Waals surface area contributed by atoms with Crippen LogP contribution in [0.25, 0.3) is 0 Å². The van der Waals surface area contributed by atoms with E-state index >= 15 is 0 Å². The fourth-order valence-corrected chi connectivity index (χ4v) is 4.11. The third-order valence-corrected chi connectivity index (χ3v) is 5.21. The maximum Gasteiger partial charge on any atom is 0.254 e. The molecule has 3 atom stereocenters. The molecular weight excluding hydrogens is 314 g/mol. The number of rotatable bonds is 4. The monoisotopic (exact) mass is 345 g/mol. The lowest BCUT2D eigenvalue weighted by Gasteiger charge is -2.38. The molecule has 2 aliphatic rings. The van der Waals surface area contributed by atoms with Crippen LogP contribution in [-0.4, -0.2) is 74.2 Å². The topological polar surface area (TPSA) is 36.0 Å². The van der Waals surface area contributed by atoms with E-state index in [2.05, 4.69) is 23.6 Å². The maximum atomic E-state index is 13.1. The Balaban J connectivity index is 1.68. The van der Waals surface area contributed by atoms with Gasteiger partial charge in [0.25, 0.3) is 5.91 Å². The number of anilines is 1. The zero-order chi connectivity index (χ0) is 18.0. The van der Waals surface area contributed by atoms with Crippen molar-refractivity contribution < 1.29 is 9.53 Å². The fourth-order valence-electron chi connectivity index (χ4n) is 4.11. The van der Waals surface area contributed by atoms with Crippen LogP contribution in [0.1, 0.15) is 37.0 Å². The average Bonchev–Trinajstić information content (AvgIpc) is 3.01. The lowest BCUT2D eigenvalue weighted by molar-refractivity contribution is -0.0715. The van der Waals surface area contributed by atoms with Gasteiger partial charge >= 0.3 is 0 Å². The molecule has 138 valence electrons. The Hall–Kier alpha value is -1.59. The molecule has 25 heavy (non-hydrogen) atoms. The predicted octanol–water partition coefficient (Wildman–Crippen LogP) is 2.47. The van der Waals surface area contributed by atoms with E-state index in [4.69, 9.17) is 4.74 Å². The second kappa shape index (κ2) is 7.75. The van der Waals surface area contributed by atoms with Crippen LogP contribution in [0, 0.1) is 0 Å². The molecule has 0 N–H and O–H groups in total. The lowest BCUT2D eigenvalue weighted by atomic mass is 10.1. The first kappa shape index (κ1) is 18.2. The summed E-state index contributed by atoms with van der Waals surface area (Å²) in [5.41, 5.74) is 1.86. The third kappa shape index (κ3) is 4.33. The van der Waals surface area contributed by atoms with Crippen LogP contribution in [0.15, 0.2) is 24.3 Å². The van der Waals surface area contributed by atoms with Crippen LogP contribution in [0.5, 0.6) is 0 Å². The number of carbonyl (C=O) groups is 1. The normalized spacial score (nSPS) is 27.5. The van der Waals surface area contributed by atoms with Gasteiger partial charge in [-0.05, 0) is 44.9 Å². The number of carbonyl (C=O) groups excluding carboxylic acids is 1. The molecule has 3 rings (SSSR count). The Labute approximate surface area is 151 Å². The largest absolute Gasteiger partial charge is 0.378 e. The minimum absolute atomic E-state index is 0.167. The number of amides is 1. The minimum atomic E-state index is 0.167. The van der Waals surface area contributed by atoms with Gasteiger partial charge in [-0.25, -0.2) is 0 Å². The molecule has 2 fully saturated rings. The number of hydrogen-bond acceptors (Lipinski definition) is 4. The number of morpholine rings is 1. The van der Waals surface area contributed by atoms with E-state index in [-0.39, 0.29) is 18.1 Å². The molecule has 0 bridgehead atoms. The highest BCUT2D eigenvalue weighted by Crippen LogP contribution is 2.24. The van der Waals surface area contributed by atoms with Gasteiger partial charge in [-0.3, -0.25) is 9.69 Å². The Morgan fingerprint density at radius 3 is 2.64 bits per heavy atom. The van der Waals surface area contributed by atoms with Crippen LogP contribution in [0.4, 0.5) is 5.69 Å². The molecule has 0 spiro atoms. The summed E-state index contributed by atoms with van der Waals surface area (Å²) in [5, 5.41) is 0.